The van der Waals surface area contributed by atoms with Crippen LogP contribution in [0.15, 0.2) is 36.5 Å². The number of nitrogens with one attached hydrogen (secondary N) is 1. The molecule has 0 bridgehead atoms. The van der Waals surface area contributed by atoms with Gasteiger partial charge < -0.3 is 10.1 Å². The molecule has 0 saturated carbocycles. The Labute approximate surface area is 166 Å². The Kier molecular flexibility index (Phi) is 5.13. The lowest BCUT2D eigenvalue weighted by molar-refractivity contribution is 0.0606. The number of rotatable bonds is 5. The summed E-state index contributed by atoms with van der Waals surface area (Å²) in [5.74, 6) is -0.467. The molecular weight excluding hydrogens is 384 g/mol. The Morgan fingerprint density at radius 1 is 1.41 bits per heavy atom. The van der Waals surface area contributed by atoms with Crippen molar-refractivity contribution in [2.45, 2.75) is 31.8 Å². The molecule has 4 rings (SSSR count). The van der Waals surface area contributed by atoms with Gasteiger partial charge in [0.25, 0.3) is 0 Å². The Bertz CT molecular complexity index is 954. The Balaban J connectivity index is 1.55. The fourth-order valence-corrected chi connectivity index (χ4v) is 4.55. The monoisotopic (exact) mass is 402 g/mol. The first kappa shape index (κ1) is 18.0. The first-order chi connectivity index (χ1) is 13.2. The van der Waals surface area contributed by atoms with Crippen LogP contribution in [0.4, 0.5) is 5.13 Å². The van der Waals surface area contributed by atoms with E-state index in [4.69, 9.17) is 16.3 Å². The molecule has 1 aliphatic carbocycles. The highest BCUT2D eigenvalue weighted by Crippen LogP contribution is 2.35. The third-order valence-corrected chi connectivity index (χ3v) is 6.04. The smallest absolute Gasteiger partial charge is 0.351 e. The molecule has 3 aromatic rings. The molecule has 1 atom stereocenters. The van der Waals surface area contributed by atoms with Crippen molar-refractivity contribution in [3.8, 4) is 0 Å². The standard InChI is InChI=1S/C19H19ClN4O2S/c1-26-18(25)16-17(20)23-19(27-16)22-14-8-5-9-15-13(14)10-21-24(15)11-12-6-3-2-4-7-12/h2-4,6-7,10,14H,5,8-9,11H2,1H3,(H,22,23)/t14-/m1/s1. The lowest BCUT2D eigenvalue weighted by Gasteiger charge is -2.24. The lowest BCUT2D eigenvalue weighted by atomic mass is 9.93. The van der Waals surface area contributed by atoms with Crippen molar-refractivity contribution in [2.24, 2.45) is 0 Å². The van der Waals surface area contributed by atoms with Crippen LogP contribution in [0.25, 0.3) is 0 Å². The van der Waals surface area contributed by atoms with Gasteiger partial charge in [0.15, 0.2) is 15.2 Å². The molecule has 0 saturated heterocycles. The number of benzene rings is 1. The molecular formula is C19H19ClN4O2S. The molecule has 0 amide bonds. The highest BCUT2D eigenvalue weighted by Gasteiger charge is 2.26. The third-order valence-electron chi connectivity index (χ3n) is 4.69. The number of halogens is 1. The molecule has 0 radical (unpaired) electrons. The zero-order valence-electron chi connectivity index (χ0n) is 14.8. The van der Waals surface area contributed by atoms with Gasteiger partial charge in [-0.1, -0.05) is 53.3 Å². The summed E-state index contributed by atoms with van der Waals surface area (Å²) in [5, 5.41) is 8.82. The molecule has 1 N–H and O–H groups in total. The van der Waals surface area contributed by atoms with Gasteiger partial charge >= 0.3 is 5.97 Å². The quantitative estimate of drug-likeness (QED) is 0.644. The number of carbonyl (C=O) groups excluding carboxylic acids is 1. The summed E-state index contributed by atoms with van der Waals surface area (Å²) < 4.78 is 6.82. The van der Waals surface area contributed by atoms with Gasteiger partial charge in [-0.25, -0.2) is 9.78 Å². The zero-order valence-corrected chi connectivity index (χ0v) is 16.4. The summed E-state index contributed by atoms with van der Waals surface area (Å²) in [4.78, 5) is 16.3. The van der Waals surface area contributed by atoms with Crippen molar-refractivity contribution in [1.29, 1.82) is 0 Å². The minimum Gasteiger partial charge on any atom is -0.465 e. The van der Waals surface area contributed by atoms with Crippen LogP contribution in [0.1, 0.15) is 45.4 Å². The molecule has 27 heavy (non-hydrogen) atoms. The first-order valence-corrected chi connectivity index (χ1v) is 9.95. The van der Waals surface area contributed by atoms with Gasteiger partial charge in [-0.3, -0.25) is 4.68 Å². The summed E-state index contributed by atoms with van der Waals surface area (Å²) >= 11 is 7.29. The summed E-state index contributed by atoms with van der Waals surface area (Å²) in [6, 6.07) is 10.4. The van der Waals surface area contributed by atoms with Crippen molar-refractivity contribution in [2.75, 3.05) is 12.4 Å². The van der Waals surface area contributed by atoms with E-state index in [0.29, 0.717) is 10.0 Å². The van der Waals surface area contributed by atoms with Crippen molar-refractivity contribution < 1.29 is 9.53 Å². The van der Waals surface area contributed by atoms with Gasteiger partial charge in [0.2, 0.25) is 0 Å². The van der Waals surface area contributed by atoms with Crippen molar-refractivity contribution in [3.63, 3.8) is 0 Å². The first-order valence-electron chi connectivity index (χ1n) is 8.75. The van der Waals surface area contributed by atoms with Crippen LogP contribution in [0.2, 0.25) is 5.15 Å². The van der Waals surface area contributed by atoms with E-state index in [1.54, 1.807) is 0 Å². The molecule has 2 aromatic heterocycles. The summed E-state index contributed by atoms with van der Waals surface area (Å²) in [6.07, 6.45) is 4.99. The number of hydrogen-bond donors (Lipinski definition) is 1. The number of esters is 1. The fraction of sp³-hybridized carbons (Fsp3) is 0.316. The highest BCUT2D eigenvalue weighted by atomic mass is 35.5. The number of carbonyl (C=O) groups is 1. The Morgan fingerprint density at radius 3 is 3.00 bits per heavy atom. The van der Waals surface area contributed by atoms with E-state index in [1.807, 2.05) is 24.4 Å². The second-order valence-electron chi connectivity index (χ2n) is 6.41. The summed E-state index contributed by atoms with van der Waals surface area (Å²) in [7, 11) is 1.33. The number of nitrogens with zero attached hydrogens (tertiary/aromatic N) is 3. The van der Waals surface area contributed by atoms with Gasteiger partial charge in [0.05, 0.1) is 25.9 Å². The van der Waals surface area contributed by atoms with E-state index in [0.717, 1.165) is 25.8 Å². The predicted octanol–water partition coefficient (Wildman–Crippen LogP) is 4.32. The molecule has 0 unspecified atom stereocenters. The topological polar surface area (TPSA) is 69.0 Å². The van der Waals surface area contributed by atoms with E-state index in [1.165, 1.54) is 35.3 Å². The maximum Gasteiger partial charge on any atom is 0.351 e. The third kappa shape index (κ3) is 3.70. The number of thiazole rings is 1. The summed E-state index contributed by atoms with van der Waals surface area (Å²) in [5.41, 5.74) is 3.66. The molecule has 0 aliphatic heterocycles. The second kappa shape index (κ2) is 7.70. The van der Waals surface area contributed by atoms with Gasteiger partial charge in [0, 0.05) is 11.3 Å². The van der Waals surface area contributed by atoms with E-state index in [9.17, 15) is 4.79 Å². The Hall–Kier alpha value is -2.38. The zero-order chi connectivity index (χ0) is 18.8. The minimum atomic E-state index is -0.467. The van der Waals surface area contributed by atoms with E-state index in [-0.39, 0.29) is 11.2 Å². The SMILES string of the molecule is COC(=O)c1sc(N[C@@H]2CCCc3c2cnn3Cc2ccccc2)nc1Cl. The van der Waals surface area contributed by atoms with E-state index in [2.05, 4.69) is 32.2 Å². The number of fused-ring (bicyclic) bond motifs is 1. The predicted molar refractivity (Wildman–Crippen MR) is 106 cm³/mol. The van der Waals surface area contributed by atoms with E-state index < -0.39 is 5.97 Å². The van der Waals surface area contributed by atoms with E-state index >= 15 is 0 Å². The molecule has 1 aliphatic rings. The van der Waals surface area contributed by atoms with Gasteiger partial charge in [-0.15, -0.1) is 0 Å². The fourth-order valence-electron chi connectivity index (χ4n) is 3.39. The average molecular weight is 403 g/mol. The molecule has 6 nitrogen and oxygen atoms in total. The normalized spacial score (nSPS) is 16.0. The van der Waals surface area contributed by atoms with Crippen molar-refractivity contribution in [3.05, 3.63) is 63.4 Å². The van der Waals surface area contributed by atoms with Crippen molar-refractivity contribution in [1.82, 2.24) is 14.8 Å². The molecule has 140 valence electrons. The number of anilines is 1. The number of methoxy groups -OCH3 is 1. The van der Waals surface area contributed by atoms with Crippen LogP contribution in [0.5, 0.6) is 0 Å². The van der Waals surface area contributed by atoms with Crippen LogP contribution in [0, 0.1) is 0 Å². The maximum atomic E-state index is 11.7. The highest BCUT2D eigenvalue weighted by molar-refractivity contribution is 7.18. The largest absolute Gasteiger partial charge is 0.465 e. The van der Waals surface area contributed by atoms with Crippen LogP contribution >= 0.6 is 22.9 Å². The van der Waals surface area contributed by atoms with Crippen LogP contribution < -0.4 is 5.32 Å². The van der Waals surface area contributed by atoms with Gasteiger partial charge in [0.1, 0.15) is 0 Å². The minimum absolute atomic E-state index is 0.103. The average Bonchev–Trinajstić information content (AvgIpc) is 3.26. The maximum absolute atomic E-state index is 11.7. The van der Waals surface area contributed by atoms with Crippen LogP contribution in [-0.4, -0.2) is 27.8 Å². The Morgan fingerprint density at radius 2 is 2.22 bits per heavy atom. The van der Waals surface area contributed by atoms with Gasteiger partial charge in [-0.2, -0.15) is 5.10 Å². The second-order valence-corrected chi connectivity index (χ2v) is 7.77. The van der Waals surface area contributed by atoms with Crippen LogP contribution in [0.3, 0.4) is 0 Å². The molecule has 2 heterocycles. The van der Waals surface area contributed by atoms with Gasteiger partial charge in [-0.05, 0) is 24.8 Å². The summed E-state index contributed by atoms with van der Waals surface area (Å²) in [6.45, 7) is 0.762. The number of aromatic nitrogens is 3. The van der Waals surface area contributed by atoms with Crippen molar-refractivity contribution >= 4 is 34.0 Å². The molecule has 0 fully saturated rings. The lowest BCUT2D eigenvalue weighted by Crippen LogP contribution is -2.18. The van der Waals surface area contributed by atoms with Crippen LogP contribution in [-0.2, 0) is 17.7 Å². The molecule has 8 heteroatoms. The number of hydrogen-bond acceptors (Lipinski definition) is 6. The number of ether oxygens (including phenoxy) is 1. The molecule has 0 spiro atoms. The molecule has 1 aromatic carbocycles.